The van der Waals surface area contributed by atoms with E-state index in [9.17, 15) is 0 Å². The van der Waals surface area contributed by atoms with E-state index in [4.69, 9.17) is 5.73 Å². The number of nitrogens with two attached hydrogens (primary N) is 1. The lowest BCUT2D eigenvalue weighted by atomic mass is 10.2. The van der Waals surface area contributed by atoms with Crippen LogP contribution in [0.5, 0.6) is 0 Å². The Kier molecular flexibility index (Phi) is 3.96. The van der Waals surface area contributed by atoms with Gasteiger partial charge in [-0.25, -0.2) is 4.99 Å². The van der Waals surface area contributed by atoms with Crippen LogP contribution < -0.4 is 21.7 Å². The monoisotopic (exact) mass is 293 g/mol. The third kappa shape index (κ3) is 3.38. The Morgan fingerprint density at radius 2 is 1.77 bits per heavy atom. The fourth-order valence-electron chi connectivity index (χ4n) is 2.17. The Labute approximate surface area is 130 Å². The second-order valence-electron chi connectivity index (χ2n) is 5.19. The number of nitrogens with zero attached hydrogens (tertiary/aromatic N) is 1. The standard InChI is InChI=1S/C17H19N5/c1-12-11-19-17(21-14-7-3-2-4-8-14)22-16(12)20-15-9-5-6-13(18)10-15/h2-10,20H,11,18H2,1H3,(H2,19,21,22). The van der Waals surface area contributed by atoms with Crippen molar-refractivity contribution in [2.45, 2.75) is 6.92 Å². The topological polar surface area (TPSA) is 74.5 Å². The molecule has 22 heavy (non-hydrogen) atoms. The molecule has 2 aromatic rings. The summed E-state index contributed by atoms with van der Waals surface area (Å²) in [6, 6.07) is 17.6. The lowest BCUT2D eigenvalue weighted by Gasteiger charge is -2.22. The van der Waals surface area contributed by atoms with Crippen LogP contribution in [0.25, 0.3) is 0 Å². The predicted octanol–water partition coefficient (Wildman–Crippen LogP) is 2.98. The van der Waals surface area contributed by atoms with E-state index < -0.39 is 0 Å². The molecule has 1 aliphatic rings. The highest BCUT2D eigenvalue weighted by Gasteiger charge is 2.12. The number of nitrogen functional groups attached to an aromatic ring is 1. The molecule has 3 rings (SSSR count). The van der Waals surface area contributed by atoms with Gasteiger partial charge in [-0.2, -0.15) is 0 Å². The quantitative estimate of drug-likeness (QED) is 0.656. The van der Waals surface area contributed by atoms with Crippen molar-refractivity contribution in [1.29, 1.82) is 0 Å². The molecule has 0 fully saturated rings. The average molecular weight is 293 g/mol. The van der Waals surface area contributed by atoms with Crippen LogP contribution in [0.1, 0.15) is 6.92 Å². The molecule has 1 heterocycles. The third-order valence-corrected chi connectivity index (χ3v) is 3.34. The normalized spacial score (nSPS) is 14.1. The highest BCUT2D eigenvalue weighted by atomic mass is 15.2. The molecule has 5 heteroatoms. The molecule has 0 saturated heterocycles. The molecule has 0 saturated carbocycles. The van der Waals surface area contributed by atoms with E-state index in [1.54, 1.807) is 0 Å². The number of para-hydroxylation sites is 1. The maximum atomic E-state index is 5.82. The summed E-state index contributed by atoms with van der Waals surface area (Å²) in [6.45, 7) is 2.69. The smallest absolute Gasteiger partial charge is 0.201 e. The maximum absolute atomic E-state index is 5.82. The van der Waals surface area contributed by atoms with Gasteiger partial charge in [-0.1, -0.05) is 24.3 Å². The molecule has 0 bridgehead atoms. The second kappa shape index (κ2) is 6.22. The first kappa shape index (κ1) is 14.0. The molecule has 0 aromatic heterocycles. The van der Waals surface area contributed by atoms with Crippen LogP contribution in [0.3, 0.4) is 0 Å². The minimum atomic E-state index is 0.646. The van der Waals surface area contributed by atoms with Crippen molar-refractivity contribution in [3.8, 4) is 0 Å². The molecule has 0 unspecified atom stereocenters. The Hall–Kier alpha value is -2.95. The molecule has 2 aromatic carbocycles. The van der Waals surface area contributed by atoms with E-state index in [2.05, 4.69) is 20.9 Å². The third-order valence-electron chi connectivity index (χ3n) is 3.34. The van der Waals surface area contributed by atoms with Gasteiger partial charge in [0.25, 0.3) is 0 Å². The highest BCUT2D eigenvalue weighted by molar-refractivity contribution is 5.95. The van der Waals surface area contributed by atoms with Crippen molar-refractivity contribution in [2.75, 3.05) is 22.9 Å². The molecule has 0 radical (unpaired) electrons. The van der Waals surface area contributed by atoms with Crippen LogP contribution in [0, 0.1) is 0 Å². The molecular weight excluding hydrogens is 274 g/mol. The van der Waals surface area contributed by atoms with Crippen molar-refractivity contribution in [3.63, 3.8) is 0 Å². The second-order valence-corrected chi connectivity index (χ2v) is 5.19. The van der Waals surface area contributed by atoms with Crippen molar-refractivity contribution in [3.05, 3.63) is 66.0 Å². The largest absolute Gasteiger partial charge is 0.399 e. The molecule has 0 spiro atoms. The van der Waals surface area contributed by atoms with Crippen LogP contribution in [-0.2, 0) is 0 Å². The Bertz CT molecular complexity index is 719. The van der Waals surface area contributed by atoms with E-state index in [0.717, 1.165) is 34.4 Å². The van der Waals surface area contributed by atoms with Crippen LogP contribution in [0.2, 0.25) is 0 Å². The average Bonchev–Trinajstić information content (AvgIpc) is 2.52. The summed E-state index contributed by atoms with van der Waals surface area (Å²) in [7, 11) is 0. The van der Waals surface area contributed by atoms with Gasteiger partial charge in [0.05, 0.1) is 6.54 Å². The van der Waals surface area contributed by atoms with Crippen LogP contribution in [0.4, 0.5) is 17.1 Å². The van der Waals surface area contributed by atoms with Gasteiger partial charge in [0, 0.05) is 17.1 Å². The Morgan fingerprint density at radius 3 is 2.55 bits per heavy atom. The molecule has 112 valence electrons. The number of benzene rings is 2. The zero-order valence-electron chi connectivity index (χ0n) is 12.4. The lowest BCUT2D eigenvalue weighted by Crippen LogP contribution is -2.37. The number of anilines is 3. The fraction of sp³-hybridized carbons (Fsp3) is 0.118. The van der Waals surface area contributed by atoms with Crippen LogP contribution >= 0.6 is 0 Å². The Balaban J connectivity index is 1.70. The number of guanidine groups is 1. The minimum Gasteiger partial charge on any atom is -0.399 e. The summed E-state index contributed by atoms with van der Waals surface area (Å²) < 4.78 is 0. The number of rotatable bonds is 3. The first-order valence-electron chi connectivity index (χ1n) is 7.16. The van der Waals surface area contributed by atoms with E-state index in [-0.39, 0.29) is 0 Å². The van der Waals surface area contributed by atoms with Gasteiger partial charge in [-0.3, -0.25) is 0 Å². The molecule has 0 amide bonds. The van der Waals surface area contributed by atoms with Gasteiger partial charge < -0.3 is 21.7 Å². The van der Waals surface area contributed by atoms with Gasteiger partial charge in [0.2, 0.25) is 5.96 Å². The SMILES string of the molecule is CC1=C(Nc2cccc(N)c2)NC(Nc2ccccc2)=NC1. The summed E-state index contributed by atoms with van der Waals surface area (Å²) in [5.41, 5.74) is 9.63. The van der Waals surface area contributed by atoms with Crippen molar-refractivity contribution < 1.29 is 0 Å². The van der Waals surface area contributed by atoms with Gasteiger partial charge >= 0.3 is 0 Å². The number of hydrogen-bond acceptors (Lipinski definition) is 5. The van der Waals surface area contributed by atoms with E-state index >= 15 is 0 Å². The Morgan fingerprint density at radius 1 is 1.00 bits per heavy atom. The van der Waals surface area contributed by atoms with E-state index in [0.29, 0.717) is 6.54 Å². The fourth-order valence-corrected chi connectivity index (χ4v) is 2.17. The minimum absolute atomic E-state index is 0.646. The van der Waals surface area contributed by atoms with Gasteiger partial charge in [0.1, 0.15) is 5.82 Å². The van der Waals surface area contributed by atoms with Crippen molar-refractivity contribution in [2.24, 2.45) is 4.99 Å². The molecule has 5 N–H and O–H groups in total. The maximum Gasteiger partial charge on any atom is 0.201 e. The van der Waals surface area contributed by atoms with E-state index in [1.165, 1.54) is 0 Å². The number of aliphatic imine (C=N–C) groups is 1. The highest BCUT2D eigenvalue weighted by Crippen LogP contribution is 2.16. The first-order valence-corrected chi connectivity index (χ1v) is 7.16. The summed E-state index contributed by atoms with van der Waals surface area (Å²) in [4.78, 5) is 4.49. The van der Waals surface area contributed by atoms with Gasteiger partial charge in [0.15, 0.2) is 0 Å². The molecule has 0 aliphatic carbocycles. The first-order chi connectivity index (χ1) is 10.7. The van der Waals surface area contributed by atoms with Crippen molar-refractivity contribution >= 4 is 23.0 Å². The molecule has 0 atom stereocenters. The van der Waals surface area contributed by atoms with Crippen molar-refractivity contribution in [1.82, 2.24) is 5.32 Å². The van der Waals surface area contributed by atoms with Gasteiger partial charge in [-0.05, 0) is 42.8 Å². The molecular formula is C17H19N5. The summed E-state index contributed by atoms with van der Waals surface area (Å²) in [6.07, 6.45) is 0. The summed E-state index contributed by atoms with van der Waals surface area (Å²) >= 11 is 0. The summed E-state index contributed by atoms with van der Waals surface area (Å²) in [5, 5.41) is 9.91. The predicted molar refractivity (Wildman–Crippen MR) is 92.7 cm³/mol. The number of hydrogen-bond donors (Lipinski definition) is 4. The zero-order chi connectivity index (χ0) is 15.4. The van der Waals surface area contributed by atoms with Crippen LogP contribution in [0.15, 0.2) is 71.0 Å². The number of nitrogens with one attached hydrogen (secondary N) is 3. The van der Waals surface area contributed by atoms with Gasteiger partial charge in [-0.15, -0.1) is 0 Å². The van der Waals surface area contributed by atoms with E-state index in [1.807, 2.05) is 61.5 Å². The molecule has 1 aliphatic heterocycles. The summed E-state index contributed by atoms with van der Waals surface area (Å²) in [5.74, 6) is 1.65. The molecule has 5 nitrogen and oxygen atoms in total. The zero-order valence-corrected chi connectivity index (χ0v) is 12.4. The lowest BCUT2D eigenvalue weighted by molar-refractivity contribution is 0.953. The van der Waals surface area contributed by atoms with Crippen LogP contribution in [-0.4, -0.2) is 12.5 Å².